The number of carboxylic acid groups (broad SMARTS) is 1. The highest BCUT2D eigenvalue weighted by Gasteiger charge is 2.34. The van der Waals surface area contributed by atoms with Gasteiger partial charge in [0.25, 0.3) is 0 Å². The second-order valence-corrected chi connectivity index (χ2v) is 5.14. The van der Waals surface area contributed by atoms with Crippen LogP contribution in [0, 0.1) is 5.92 Å². The molecule has 20 heavy (non-hydrogen) atoms. The van der Waals surface area contributed by atoms with Crippen molar-refractivity contribution in [1.82, 2.24) is 4.90 Å². The summed E-state index contributed by atoms with van der Waals surface area (Å²) < 4.78 is 38.6. The molecule has 2 rings (SSSR count). The molecule has 1 N–H and O–H groups in total. The van der Waals surface area contributed by atoms with Crippen molar-refractivity contribution in [3.63, 3.8) is 0 Å². The number of aliphatic carboxylic acids is 1. The van der Waals surface area contributed by atoms with Gasteiger partial charge in [-0.2, -0.15) is 13.2 Å². The lowest BCUT2D eigenvalue weighted by atomic mass is 10.1. The zero-order valence-corrected chi connectivity index (χ0v) is 10.9. The zero-order valence-electron chi connectivity index (χ0n) is 10.9. The summed E-state index contributed by atoms with van der Waals surface area (Å²) in [6.07, 6.45) is -3.55. The molecule has 0 amide bonds. The van der Waals surface area contributed by atoms with Crippen LogP contribution in [0.25, 0.3) is 0 Å². The third-order valence-corrected chi connectivity index (χ3v) is 3.55. The molecule has 6 heteroatoms. The molecule has 1 heterocycles. The van der Waals surface area contributed by atoms with E-state index >= 15 is 0 Å². The van der Waals surface area contributed by atoms with Gasteiger partial charge in [0, 0.05) is 19.5 Å². The van der Waals surface area contributed by atoms with Crippen LogP contribution in [-0.4, -0.2) is 29.1 Å². The molecule has 1 aromatic rings. The van der Waals surface area contributed by atoms with Crippen LogP contribution in [0.1, 0.15) is 24.0 Å². The smallest absolute Gasteiger partial charge is 0.416 e. The molecule has 0 aliphatic carbocycles. The van der Waals surface area contributed by atoms with Crippen molar-refractivity contribution in [2.75, 3.05) is 13.1 Å². The first kappa shape index (κ1) is 14.8. The Hall–Kier alpha value is -1.56. The average Bonchev–Trinajstić information content (AvgIpc) is 2.75. The van der Waals surface area contributed by atoms with Crippen LogP contribution in [-0.2, 0) is 17.5 Å². The molecule has 1 atom stereocenters. The SMILES string of the molecule is O=C(O)CC1CCN(Cc2ccccc2C(F)(F)F)C1. The third kappa shape index (κ3) is 3.72. The Morgan fingerprint density at radius 1 is 1.35 bits per heavy atom. The molecular weight excluding hydrogens is 271 g/mol. The Kier molecular flexibility index (Phi) is 4.32. The van der Waals surface area contributed by atoms with E-state index in [1.807, 2.05) is 4.90 Å². The summed E-state index contributed by atoms with van der Waals surface area (Å²) >= 11 is 0. The summed E-state index contributed by atoms with van der Waals surface area (Å²) in [5.41, 5.74) is -0.363. The molecule has 3 nitrogen and oxygen atoms in total. The minimum absolute atomic E-state index is 0.0329. The van der Waals surface area contributed by atoms with E-state index in [-0.39, 0.29) is 24.4 Å². The summed E-state index contributed by atoms with van der Waals surface area (Å²) in [5, 5.41) is 8.73. The molecule has 0 spiro atoms. The summed E-state index contributed by atoms with van der Waals surface area (Å²) in [4.78, 5) is 12.5. The summed E-state index contributed by atoms with van der Waals surface area (Å²) in [7, 11) is 0. The van der Waals surface area contributed by atoms with E-state index in [4.69, 9.17) is 5.11 Å². The van der Waals surface area contributed by atoms with Gasteiger partial charge in [-0.05, 0) is 30.5 Å². The van der Waals surface area contributed by atoms with Crippen molar-refractivity contribution in [1.29, 1.82) is 0 Å². The van der Waals surface area contributed by atoms with Crippen molar-refractivity contribution < 1.29 is 23.1 Å². The Labute approximate surface area is 115 Å². The topological polar surface area (TPSA) is 40.5 Å². The van der Waals surface area contributed by atoms with Crippen molar-refractivity contribution in [3.05, 3.63) is 35.4 Å². The molecule has 1 aliphatic heterocycles. The molecule has 1 unspecified atom stereocenters. The lowest BCUT2D eigenvalue weighted by Crippen LogP contribution is -2.23. The second kappa shape index (κ2) is 5.83. The molecule has 0 bridgehead atoms. The van der Waals surface area contributed by atoms with E-state index in [1.54, 1.807) is 6.07 Å². The predicted octanol–water partition coefficient (Wildman–Crippen LogP) is 3.00. The lowest BCUT2D eigenvalue weighted by molar-refractivity contribution is -0.139. The van der Waals surface area contributed by atoms with Gasteiger partial charge in [-0.3, -0.25) is 9.69 Å². The van der Waals surface area contributed by atoms with Gasteiger partial charge in [-0.1, -0.05) is 18.2 Å². The number of hydrogen-bond donors (Lipinski definition) is 1. The molecular formula is C14H16F3NO2. The number of carbonyl (C=O) groups is 1. The number of rotatable bonds is 4. The number of carboxylic acids is 1. The monoisotopic (exact) mass is 287 g/mol. The predicted molar refractivity (Wildman–Crippen MR) is 67.1 cm³/mol. The molecule has 1 saturated heterocycles. The van der Waals surface area contributed by atoms with Gasteiger partial charge in [0.05, 0.1) is 5.56 Å². The largest absolute Gasteiger partial charge is 0.481 e. The first-order chi connectivity index (χ1) is 9.36. The van der Waals surface area contributed by atoms with Crippen LogP contribution in [0.3, 0.4) is 0 Å². The molecule has 0 aromatic heterocycles. The van der Waals surface area contributed by atoms with E-state index in [2.05, 4.69) is 0 Å². The molecule has 1 fully saturated rings. The van der Waals surface area contributed by atoms with Crippen LogP contribution in [0.15, 0.2) is 24.3 Å². The first-order valence-electron chi connectivity index (χ1n) is 6.45. The summed E-state index contributed by atoms with van der Waals surface area (Å²) in [5.74, 6) is -0.821. The van der Waals surface area contributed by atoms with Crippen LogP contribution >= 0.6 is 0 Å². The average molecular weight is 287 g/mol. The van der Waals surface area contributed by atoms with E-state index in [0.717, 1.165) is 12.5 Å². The van der Waals surface area contributed by atoms with Gasteiger partial charge < -0.3 is 5.11 Å². The maximum atomic E-state index is 12.9. The molecule has 1 aliphatic rings. The van der Waals surface area contributed by atoms with Crippen molar-refractivity contribution in [3.8, 4) is 0 Å². The lowest BCUT2D eigenvalue weighted by Gasteiger charge is -2.19. The fourth-order valence-corrected chi connectivity index (χ4v) is 2.65. The van der Waals surface area contributed by atoms with Gasteiger partial charge in [0.15, 0.2) is 0 Å². The fourth-order valence-electron chi connectivity index (χ4n) is 2.65. The Morgan fingerprint density at radius 3 is 2.70 bits per heavy atom. The van der Waals surface area contributed by atoms with Gasteiger partial charge in [0.2, 0.25) is 0 Å². The Bertz CT molecular complexity index is 488. The van der Waals surface area contributed by atoms with Crippen molar-refractivity contribution in [2.24, 2.45) is 5.92 Å². The van der Waals surface area contributed by atoms with Gasteiger partial charge in [-0.15, -0.1) is 0 Å². The number of alkyl halides is 3. The van der Waals surface area contributed by atoms with Crippen molar-refractivity contribution >= 4 is 5.97 Å². The van der Waals surface area contributed by atoms with E-state index in [0.29, 0.717) is 13.1 Å². The molecule has 0 saturated carbocycles. The Balaban J connectivity index is 2.03. The highest BCUT2D eigenvalue weighted by atomic mass is 19.4. The third-order valence-electron chi connectivity index (χ3n) is 3.55. The first-order valence-corrected chi connectivity index (χ1v) is 6.45. The molecule has 110 valence electrons. The highest BCUT2D eigenvalue weighted by molar-refractivity contribution is 5.67. The fraction of sp³-hybridized carbons (Fsp3) is 0.500. The number of benzene rings is 1. The number of likely N-dealkylation sites (tertiary alicyclic amines) is 1. The van der Waals surface area contributed by atoms with Gasteiger partial charge >= 0.3 is 12.1 Å². The number of hydrogen-bond acceptors (Lipinski definition) is 2. The van der Waals surface area contributed by atoms with Crippen LogP contribution in [0.4, 0.5) is 13.2 Å². The molecule has 1 aromatic carbocycles. The minimum atomic E-state index is -4.35. The van der Waals surface area contributed by atoms with Crippen LogP contribution in [0.5, 0.6) is 0 Å². The maximum Gasteiger partial charge on any atom is 0.416 e. The van der Waals surface area contributed by atoms with Gasteiger partial charge in [-0.25, -0.2) is 0 Å². The van der Waals surface area contributed by atoms with E-state index in [9.17, 15) is 18.0 Å². The number of halogens is 3. The normalized spacial score (nSPS) is 20.2. The highest BCUT2D eigenvalue weighted by Crippen LogP contribution is 2.33. The quantitative estimate of drug-likeness (QED) is 0.925. The summed E-state index contributed by atoms with van der Waals surface area (Å²) in [6.45, 7) is 1.40. The van der Waals surface area contributed by atoms with Crippen LogP contribution < -0.4 is 0 Å². The zero-order chi connectivity index (χ0) is 14.8. The molecule has 0 radical (unpaired) electrons. The van der Waals surface area contributed by atoms with E-state index in [1.165, 1.54) is 12.1 Å². The standard InChI is InChI=1S/C14H16F3NO2/c15-14(16,17)12-4-2-1-3-11(12)9-18-6-5-10(8-18)7-13(19)20/h1-4,10H,5-9H2,(H,19,20). The van der Waals surface area contributed by atoms with E-state index < -0.39 is 17.7 Å². The van der Waals surface area contributed by atoms with Crippen LogP contribution in [0.2, 0.25) is 0 Å². The number of nitrogens with zero attached hydrogens (tertiary/aromatic N) is 1. The Morgan fingerprint density at radius 2 is 2.05 bits per heavy atom. The van der Waals surface area contributed by atoms with Crippen molar-refractivity contribution in [2.45, 2.75) is 25.6 Å². The minimum Gasteiger partial charge on any atom is -0.481 e. The second-order valence-electron chi connectivity index (χ2n) is 5.14. The van der Waals surface area contributed by atoms with Gasteiger partial charge in [0.1, 0.15) is 0 Å². The summed E-state index contributed by atoms with van der Waals surface area (Å²) in [6, 6.07) is 5.53. The maximum absolute atomic E-state index is 12.9.